The maximum Gasteiger partial charge on any atom is 0.227 e. The molecule has 0 spiro atoms. The largest absolute Gasteiger partial charge is 0.384 e. The van der Waals surface area contributed by atoms with Crippen LogP contribution in [0.5, 0.6) is 0 Å². The first-order valence-electron chi connectivity index (χ1n) is 4.59. The fraction of sp³-hybridized carbons (Fsp3) is 0.556. The minimum Gasteiger partial charge on any atom is -0.384 e. The summed E-state index contributed by atoms with van der Waals surface area (Å²) in [5, 5.41) is 0. The molecule has 1 atom stereocenters. The minimum atomic E-state index is 0.546. The van der Waals surface area contributed by atoms with Gasteiger partial charge in [0.2, 0.25) is 5.95 Å². The second-order valence-corrected chi connectivity index (χ2v) is 3.62. The molecule has 1 unspecified atom stereocenters. The average Bonchev–Trinajstić information content (AvgIpc) is 2.52. The van der Waals surface area contributed by atoms with E-state index < -0.39 is 0 Å². The highest BCUT2D eigenvalue weighted by molar-refractivity contribution is 5.38. The highest BCUT2D eigenvalue weighted by atomic mass is 15.3. The van der Waals surface area contributed by atoms with Crippen molar-refractivity contribution in [1.82, 2.24) is 9.97 Å². The van der Waals surface area contributed by atoms with Gasteiger partial charge in [0.1, 0.15) is 5.82 Å². The first kappa shape index (κ1) is 8.29. The lowest BCUT2D eigenvalue weighted by Gasteiger charge is -2.15. The Bertz CT molecular complexity index is 299. The number of aromatic nitrogens is 2. The summed E-state index contributed by atoms with van der Waals surface area (Å²) in [5.74, 6) is 2.05. The van der Waals surface area contributed by atoms with E-state index >= 15 is 0 Å². The molecule has 0 aromatic carbocycles. The minimum absolute atomic E-state index is 0.546. The molecule has 0 saturated carbocycles. The van der Waals surface area contributed by atoms with E-state index in [1.807, 2.05) is 0 Å². The van der Waals surface area contributed by atoms with Crippen LogP contribution in [0.4, 0.5) is 11.8 Å². The van der Waals surface area contributed by atoms with Crippen molar-refractivity contribution < 1.29 is 0 Å². The lowest BCUT2D eigenvalue weighted by Crippen LogP contribution is -2.21. The molecule has 0 amide bonds. The van der Waals surface area contributed by atoms with E-state index in [9.17, 15) is 0 Å². The van der Waals surface area contributed by atoms with Gasteiger partial charge in [-0.15, -0.1) is 0 Å². The number of nitrogen functional groups attached to an aromatic ring is 1. The molecule has 1 aliphatic rings. The predicted octanol–water partition coefficient (Wildman–Crippen LogP) is 0.905. The van der Waals surface area contributed by atoms with E-state index in [4.69, 9.17) is 5.73 Å². The molecule has 4 nitrogen and oxygen atoms in total. The molecular formula is C9H14N4. The fourth-order valence-corrected chi connectivity index (χ4v) is 1.63. The van der Waals surface area contributed by atoms with E-state index in [0.29, 0.717) is 5.82 Å². The van der Waals surface area contributed by atoms with Crippen molar-refractivity contribution in [2.75, 3.05) is 23.7 Å². The van der Waals surface area contributed by atoms with Crippen LogP contribution < -0.4 is 10.6 Å². The molecule has 70 valence electrons. The number of nitrogens with two attached hydrogens (primary N) is 1. The van der Waals surface area contributed by atoms with Gasteiger partial charge in [0.15, 0.2) is 0 Å². The molecule has 1 fully saturated rings. The Morgan fingerprint density at radius 1 is 1.62 bits per heavy atom. The molecule has 2 N–H and O–H groups in total. The van der Waals surface area contributed by atoms with Gasteiger partial charge in [-0.25, -0.2) is 4.98 Å². The highest BCUT2D eigenvalue weighted by Crippen LogP contribution is 2.19. The first-order valence-corrected chi connectivity index (χ1v) is 4.59. The van der Waals surface area contributed by atoms with Gasteiger partial charge in [0, 0.05) is 19.3 Å². The summed E-state index contributed by atoms with van der Waals surface area (Å²) >= 11 is 0. The lowest BCUT2D eigenvalue weighted by molar-refractivity contribution is 0.658. The van der Waals surface area contributed by atoms with Gasteiger partial charge >= 0.3 is 0 Å². The lowest BCUT2D eigenvalue weighted by atomic mass is 10.2. The Hall–Kier alpha value is -1.32. The second-order valence-electron chi connectivity index (χ2n) is 3.62. The molecule has 0 aliphatic carbocycles. The number of hydrogen-bond acceptors (Lipinski definition) is 4. The maximum absolute atomic E-state index is 5.58. The zero-order valence-electron chi connectivity index (χ0n) is 7.77. The predicted molar refractivity (Wildman–Crippen MR) is 52.4 cm³/mol. The summed E-state index contributed by atoms with van der Waals surface area (Å²) in [6.07, 6.45) is 2.93. The van der Waals surface area contributed by atoms with Crippen molar-refractivity contribution >= 4 is 11.8 Å². The van der Waals surface area contributed by atoms with Crippen LogP contribution in [0, 0.1) is 5.92 Å². The molecule has 0 bridgehead atoms. The van der Waals surface area contributed by atoms with E-state index in [1.165, 1.54) is 6.42 Å². The zero-order valence-corrected chi connectivity index (χ0v) is 7.77. The Morgan fingerprint density at radius 2 is 2.46 bits per heavy atom. The third-order valence-corrected chi connectivity index (χ3v) is 2.37. The molecule has 13 heavy (non-hydrogen) atoms. The van der Waals surface area contributed by atoms with Gasteiger partial charge in [0.05, 0.1) is 0 Å². The van der Waals surface area contributed by atoms with E-state index in [0.717, 1.165) is 25.0 Å². The number of anilines is 2. The molecule has 0 radical (unpaired) electrons. The highest BCUT2D eigenvalue weighted by Gasteiger charge is 2.20. The second kappa shape index (κ2) is 3.20. The van der Waals surface area contributed by atoms with Crippen LogP contribution in [0.25, 0.3) is 0 Å². The van der Waals surface area contributed by atoms with Gasteiger partial charge in [-0.1, -0.05) is 6.92 Å². The molecule has 1 aromatic rings. The Morgan fingerprint density at radius 3 is 3.08 bits per heavy atom. The van der Waals surface area contributed by atoms with Crippen LogP contribution in [0.3, 0.4) is 0 Å². The van der Waals surface area contributed by atoms with Crippen LogP contribution in [-0.2, 0) is 0 Å². The van der Waals surface area contributed by atoms with Crippen LogP contribution in [0.15, 0.2) is 12.3 Å². The van der Waals surface area contributed by atoms with Crippen molar-refractivity contribution in [3.63, 3.8) is 0 Å². The smallest absolute Gasteiger partial charge is 0.227 e. The maximum atomic E-state index is 5.58. The number of rotatable bonds is 1. The molecule has 2 heterocycles. The molecule has 1 aromatic heterocycles. The monoisotopic (exact) mass is 178 g/mol. The fourth-order valence-electron chi connectivity index (χ4n) is 1.63. The molecule has 1 saturated heterocycles. The van der Waals surface area contributed by atoms with Crippen molar-refractivity contribution in [1.29, 1.82) is 0 Å². The average molecular weight is 178 g/mol. The van der Waals surface area contributed by atoms with Crippen molar-refractivity contribution in [3.8, 4) is 0 Å². The number of hydrogen-bond donors (Lipinski definition) is 1. The summed E-state index contributed by atoms with van der Waals surface area (Å²) in [7, 11) is 0. The first-order chi connectivity index (χ1) is 6.25. The summed E-state index contributed by atoms with van der Waals surface area (Å²) in [5.41, 5.74) is 5.58. The number of nitrogens with zero attached hydrogens (tertiary/aromatic N) is 3. The summed E-state index contributed by atoms with van der Waals surface area (Å²) in [6, 6.07) is 1.71. The molecule has 1 aliphatic heterocycles. The summed E-state index contributed by atoms with van der Waals surface area (Å²) in [6.45, 7) is 4.33. The molecular weight excluding hydrogens is 164 g/mol. The van der Waals surface area contributed by atoms with Crippen LogP contribution in [-0.4, -0.2) is 23.1 Å². The van der Waals surface area contributed by atoms with Gasteiger partial charge in [-0.3, -0.25) is 0 Å². The normalized spacial score (nSPS) is 22.2. The van der Waals surface area contributed by atoms with Crippen molar-refractivity contribution in [2.45, 2.75) is 13.3 Å². The quantitative estimate of drug-likeness (QED) is 0.694. The van der Waals surface area contributed by atoms with E-state index in [-0.39, 0.29) is 0 Å². The van der Waals surface area contributed by atoms with E-state index in [2.05, 4.69) is 21.8 Å². The van der Waals surface area contributed by atoms with E-state index in [1.54, 1.807) is 12.3 Å². The van der Waals surface area contributed by atoms with Gasteiger partial charge < -0.3 is 10.6 Å². The van der Waals surface area contributed by atoms with Gasteiger partial charge in [0.25, 0.3) is 0 Å². The standard InChI is InChI=1S/C9H14N4/c1-7-3-5-13(6-7)9-11-4-2-8(10)12-9/h2,4,7H,3,5-6H2,1H3,(H2,10,11,12). The topological polar surface area (TPSA) is 55.0 Å². The Balaban J connectivity index is 2.16. The molecule has 4 heteroatoms. The van der Waals surface area contributed by atoms with Crippen molar-refractivity contribution in [3.05, 3.63) is 12.3 Å². The van der Waals surface area contributed by atoms with Crippen LogP contribution in [0.1, 0.15) is 13.3 Å². The Kier molecular flexibility index (Phi) is 2.04. The van der Waals surface area contributed by atoms with Crippen LogP contribution >= 0.6 is 0 Å². The third kappa shape index (κ3) is 1.71. The van der Waals surface area contributed by atoms with Crippen LogP contribution in [0.2, 0.25) is 0 Å². The van der Waals surface area contributed by atoms with Gasteiger partial charge in [-0.2, -0.15) is 4.98 Å². The SMILES string of the molecule is CC1CCN(c2nccc(N)n2)C1. The molecule has 2 rings (SSSR count). The zero-order chi connectivity index (χ0) is 9.26. The summed E-state index contributed by atoms with van der Waals surface area (Å²) < 4.78 is 0. The Labute approximate surface area is 77.8 Å². The van der Waals surface area contributed by atoms with Gasteiger partial charge in [-0.05, 0) is 18.4 Å². The van der Waals surface area contributed by atoms with Crippen molar-refractivity contribution in [2.24, 2.45) is 5.92 Å². The third-order valence-electron chi connectivity index (χ3n) is 2.37. The summed E-state index contributed by atoms with van der Waals surface area (Å²) in [4.78, 5) is 10.6.